The van der Waals surface area contributed by atoms with Crippen LogP contribution >= 0.6 is 0 Å². The van der Waals surface area contributed by atoms with Gasteiger partial charge >= 0.3 is 0 Å². The summed E-state index contributed by atoms with van der Waals surface area (Å²) in [7, 11) is 0. The molecule has 5 aromatic rings. The maximum absolute atomic E-state index is 12.0. The lowest BCUT2D eigenvalue weighted by Gasteiger charge is -2.25. The molecule has 1 aliphatic carbocycles. The molecule has 1 fully saturated rings. The highest BCUT2D eigenvalue weighted by Gasteiger charge is 2.23. The van der Waals surface area contributed by atoms with Crippen LogP contribution in [-0.2, 0) is 6.42 Å². The molecule has 1 aliphatic rings. The van der Waals surface area contributed by atoms with Crippen molar-refractivity contribution in [3.05, 3.63) is 90.5 Å². The minimum Gasteiger partial charge on any atom is -0.477 e. The fraction of sp³-hybridized carbons (Fsp3) is 0.281. The van der Waals surface area contributed by atoms with Gasteiger partial charge in [-0.05, 0) is 79.9 Å². The summed E-state index contributed by atoms with van der Waals surface area (Å²) >= 11 is 0. The Bertz CT molecular complexity index is 1610. The molecule has 202 valence electrons. The highest BCUT2D eigenvalue weighted by molar-refractivity contribution is 5.97. The number of carbonyl (C=O) groups excluding carboxylic acids is 1. The number of ether oxygens (including phenoxy) is 2. The molecule has 8 heteroatoms. The van der Waals surface area contributed by atoms with E-state index in [2.05, 4.69) is 19.5 Å². The minimum absolute atomic E-state index is 0.0455. The van der Waals surface area contributed by atoms with Crippen molar-refractivity contribution in [2.45, 2.75) is 51.5 Å². The Labute approximate surface area is 233 Å². The number of carbonyl (C=O) groups is 1. The lowest BCUT2D eigenvalue weighted by molar-refractivity contribution is 0.101. The highest BCUT2D eigenvalue weighted by Crippen LogP contribution is 2.37. The Morgan fingerprint density at radius 1 is 0.925 bits per heavy atom. The number of benzene rings is 2. The lowest BCUT2D eigenvalue weighted by atomic mass is 9.94. The normalized spacial score (nSPS) is 13.8. The molecule has 0 aliphatic heterocycles. The van der Waals surface area contributed by atoms with Crippen molar-refractivity contribution in [1.82, 2.24) is 24.5 Å². The summed E-state index contributed by atoms with van der Waals surface area (Å²) in [5, 5.41) is 0. The monoisotopic (exact) mass is 533 g/mol. The quantitative estimate of drug-likeness (QED) is 0.188. The summed E-state index contributed by atoms with van der Waals surface area (Å²) in [6, 6.07) is 19.8. The van der Waals surface area contributed by atoms with Gasteiger partial charge in [0.05, 0.1) is 23.7 Å². The van der Waals surface area contributed by atoms with Gasteiger partial charge in [-0.25, -0.2) is 15.0 Å². The Morgan fingerprint density at radius 3 is 2.48 bits per heavy atom. The summed E-state index contributed by atoms with van der Waals surface area (Å²) in [5.41, 5.74) is 4.76. The number of nitrogens with zero attached hydrogens (tertiary/aromatic N) is 5. The van der Waals surface area contributed by atoms with Crippen molar-refractivity contribution < 1.29 is 14.3 Å². The molecule has 0 amide bonds. The molecule has 40 heavy (non-hydrogen) atoms. The maximum Gasteiger partial charge on any atom is 0.226 e. The molecule has 0 atom stereocenters. The number of pyridine rings is 1. The van der Waals surface area contributed by atoms with Gasteiger partial charge in [-0.15, -0.1) is 0 Å². The van der Waals surface area contributed by atoms with Crippen LogP contribution in [0.3, 0.4) is 0 Å². The van der Waals surface area contributed by atoms with Gasteiger partial charge in [0.25, 0.3) is 0 Å². The number of fused-ring (bicyclic) bond motifs is 1. The van der Waals surface area contributed by atoms with E-state index in [-0.39, 0.29) is 5.78 Å². The summed E-state index contributed by atoms with van der Waals surface area (Å²) in [6.07, 6.45) is 11.7. The summed E-state index contributed by atoms with van der Waals surface area (Å²) in [4.78, 5) is 29.5. The molecule has 0 bridgehead atoms. The molecule has 0 N–H and O–H groups in total. The van der Waals surface area contributed by atoms with E-state index in [1.165, 1.54) is 25.6 Å². The first-order valence-electron chi connectivity index (χ1n) is 13.8. The van der Waals surface area contributed by atoms with Crippen LogP contribution in [0.15, 0.2) is 79.4 Å². The predicted octanol–water partition coefficient (Wildman–Crippen LogP) is 7.01. The van der Waals surface area contributed by atoms with Gasteiger partial charge in [0, 0.05) is 36.0 Å². The standard InChI is InChI=1S/C32H31N5O3/c1-22(38)25-9-12-29-28(19-25)36-32(37(29)26-5-3-2-4-6-26)24-7-10-27(11-8-24)40-31-20-30(34-21-35-31)39-18-15-23-13-16-33-17-14-23/h7-14,16-17,19-21,26H,2-6,15,18H2,1H3. The van der Waals surface area contributed by atoms with E-state index in [1.807, 2.05) is 54.6 Å². The number of imidazole rings is 1. The van der Waals surface area contributed by atoms with E-state index in [0.29, 0.717) is 35.7 Å². The number of hydrogen-bond donors (Lipinski definition) is 0. The Kier molecular flexibility index (Phi) is 7.48. The topological polar surface area (TPSA) is 92.0 Å². The van der Waals surface area contributed by atoms with Crippen molar-refractivity contribution in [3.8, 4) is 28.9 Å². The SMILES string of the molecule is CC(=O)c1ccc2c(c1)nc(-c1ccc(Oc3cc(OCCc4ccncc4)ncn3)cc1)n2C1CCCCC1. The number of ketones is 1. The number of Topliss-reactive ketones (excluding diaryl/α,β-unsaturated/α-hetero) is 1. The fourth-order valence-corrected chi connectivity index (χ4v) is 5.30. The maximum atomic E-state index is 12.0. The van der Waals surface area contributed by atoms with Gasteiger partial charge in [0.2, 0.25) is 11.8 Å². The summed E-state index contributed by atoms with van der Waals surface area (Å²) in [5.74, 6) is 2.49. The summed E-state index contributed by atoms with van der Waals surface area (Å²) < 4.78 is 14.2. The van der Waals surface area contributed by atoms with Crippen LogP contribution in [0, 0.1) is 0 Å². The zero-order valence-corrected chi connectivity index (χ0v) is 22.5. The minimum atomic E-state index is 0.0455. The molecule has 2 aromatic carbocycles. The molecule has 0 radical (unpaired) electrons. The number of rotatable bonds is 9. The predicted molar refractivity (Wildman–Crippen MR) is 153 cm³/mol. The molecular formula is C32H31N5O3. The molecule has 0 unspecified atom stereocenters. The first-order chi connectivity index (χ1) is 19.6. The number of aromatic nitrogens is 5. The van der Waals surface area contributed by atoms with Crippen molar-refractivity contribution >= 4 is 16.8 Å². The Morgan fingerprint density at radius 2 is 1.70 bits per heavy atom. The third-order valence-corrected chi connectivity index (χ3v) is 7.38. The van der Waals surface area contributed by atoms with Gasteiger partial charge in [-0.2, -0.15) is 0 Å². The Hall–Kier alpha value is -4.59. The molecular weight excluding hydrogens is 502 g/mol. The lowest BCUT2D eigenvalue weighted by Crippen LogP contribution is -2.14. The van der Waals surface area contributed by atoms with Crippen LogP contribution in [0.2, 0.25) is 0 Å². The van der Waals surface area contributed by atoms with Gasteiger partial charge in [-0.3, -0.25) is 9.78 Å². The second kappa shape index (κ2) is 11.7. The van der Waals surface area contributed by atoms with Crippen LogP contribution in [0.5, 0.6) is 17.5 Å². The van der Waals surface area contributed by atoms with Gasteiger partial charge in [0.1, 0.15) is 17.9 Å². The van der Waals surface area contributed by atoms with Crippen molar-refractivity contribution in [2.75, 3.05) is 6.61 Å². The zero-order valence-electron chi connectivity index (χ0n) is 22.5. The first-order valence-corrected chi connectivity index (χ1v) is 13.8. The molecule has 0 saturated heterocycles. The summed E-state index contributed by atoms with van der Waals surface area (Å²) in [6.45, 7) is 2.08. The number of hydrogen-bond acceptors (Lipinski definition) is 7. The van der Waals surface area contributed by atoms with Crippen LogP contribution in [0.25, 0.3) is 22.4 Å². The van der Waals surface area contributed by atoms with Gasteiger partial charge in [-0.1, -0.05) is 19.3 Å². The fourth-order valence-electron chi connectivity index (χ4n) is 5.30. The zero-order chi connectivity index (χ0) is 27.3. The Balaban J connectivity index is 1.20. The first kappa shape index (κ1) is 25.7. The molecule has 0 spiro atoms. The molecule has 6 rings (SSSR count). The van der Waals surface area contributed by atoms with Gasteiger partial charge < -0.3 is 14.0 Å². The van der Waals surface area contributed by atoms with Gasteiger partial charge in [0.15, 0.2) is 5.78 Å². The van der Waals surface area contributed by atoms with Crippen molar-refractivity contribution in [3.63, 3.8) is 0 Å². The smallest absolute Gasteiger partial charge is 0.226 e. The molecule has 3 heterocycles. The van der Waals surface area contributed by atoms with Crippen molar-refractivity contribution in [1.29, 1.82) is 0 Å². The van der Waals surface area contributed by atoms with E-state index < -0.39 is 0 Å². The van der Waals surface area contributed by atoms with Crippen molar-refractivity contribution in [2.24, 2.45) is 0 Å². The van der Waals surface area contributed by atoms with E-state index in [0.717, 1.165) is 47.2 Å². The average molecular weight is 534 g/mol. The van der Waals surface area contributed by atoms with E-state index >= 15 is 0 Å². The van der Waals surface area contributed by atoms with Crippen LogP contribution < -0.4 is 9.47 Å². The second-order valence-electron chi connectivity index (χ2n) is 10.1. The van der Waals surface area contributed by atoms with Crippen LogP contribution in [-0.4, -0.2) is 36.9 Å². The van der Waals surface area contributed by atoms with E-state index in [9.17, 15) is 4.79 Å². The third-order valence-electron chi connectivity index (χ3n) is 7.38. The largest absolute Gasteiger partial charge is 0.477 e. The molecule has 8 nitrogen and oxygen atoms in total. The van der Waals surface area contributed by atoms with Crippen LogP contribution in [0.1, 0.15) is 61.0 Å². The average Bonchev–Trinajstić information content (AvgIpc) is 3.38. The third kappa shape index (κ3) is 5.71. The highest BCUT2D eigenvalue weighted by atomic mass is 16.5. The van der Waals surface area contributed by atoms with E-state index in [4.69, 9.17) is 14.5 Å². The second-order valence-corrected chi connectivity index (χ2v) is 10.1. The molecule has 1 saturated carbocycles. The van der Waals surface area contributed by atoms with E-state index in [1.54, 1.807) is 25.4 Å². The molecule has 3 aromatic heterocycles. The van der Waals surface area contributed by atoms with Crippen LogP contribution in [0.4, 0.5) is 0 Å².